The van der Waals surface area contributed by atoms with Crippen LogP contribution in [0.1, 0.15) is 26.5 Å². The third-order valence-corrected chi connectivity index (χ3v) is 4.95. The Morgan fingerprint density at radius 1 is 1.03 bits per heavy atom. The van der Waals surface area contributed by atoms with E-state index >= 15 is 0 Å². The summed E-state index contributed by atoms with van der Waals surface area (Å²) in [6.45, 7) is 1.86. The molecule has 0 aliphatic rings. The molecule has 2 amide bonds. The van der Waals surface area contributed by atoms with Crippen molar-refractivity contribution in [3.63, 3.8) is 0 Å². The lowest BCUT2D eigenvalue weighted by Gasteiger charge is -2.14. The van der Waals surface area contributed by atoms with Gasteiger partial charge in [-0.05, 0) is 61.1 Å². The zero-order valence-corrected chi connectivity index (χ0v) is 18.7. The average molecular weight is 478 g/mol. The molecule has 3 rings (SSSR count). The number of methoxy groups -OCH3 is 1. The number of hydrogen-bond donors (Lipinski definition) is 3. The van der Waals surface area contributed by atoms with Gasteiger partial charge in [0.25, 0.3) is 11.8 Å². The highest BCUT2D eigenvalue weighted by Crippen LogP contribution is 2.33. The summed E-state index contributed by atoms with van der Waals surface area (Å²) in [4.78, 5) is 24.7. The Morgan fingerprint density at radius 2 is 1.74 bits per heavy atom. The number of carbonyl (C=O) groups is 2. The number of ether oxygens (including phenoxy) is 1. The number of halogens is 2. The number of furan rings is 1. The standard InChI is InChI=1S/C21H17Cl2N3O4S/c1-11-5-6-13(24-20(28)17-4-3-7-30-17)10-16(11)25-21(31)26-19(27)12-8-14(22)18(29-2)15(23)9-12/h3-10H,1-2H3,(H,24,28)(H2,25,26,27,31). The van der Waals surface area contributed by atoms with Crippen LogP contribution in [0.5, 0.6) is 5.75 Å². The van der Waals surface area contributed by atoms with E-state index in [1.165, 1.54) is 25.5 Å². The van der Waals surface area contributed by atoms with E-state index in [-0.39, 0.29) is 38.1 Å². The fraction of sp³-hybridized carbons (Fsp3) is 0.0952. The summed E-state index contributed by atoms with van der Waals surface area (Å²) in [6.07, 6.45) is 1.42. The van der Waals surface area contributed by atoms with E-state index in [2.05, 4.69) is 16.0 Å². The van der Waals surface area contributed by atoms with Gasteiger partial charge in [0, 0.05) is 16.9 Å². The fourth-order valence-corrected chi connectivity index (χ4v) is 3.49. The molecule has 0 atom stereocenters. The predicted molar refractivity (Wildman–Crippen MR) is 125 cm³/mol. The summed E-state index contributed by atoms with van der Waals surface area (Å²) in [7, 11) is 1.43. The van der Waals surface area contributed by atoms with Gasteiger partial charge in [-0.15, -0.1) is 0 Å². The first-order valence-electron chi connectivity index (χ1n) is 8.89. The van der Waals surface area contributed by atoms with Gasteiger partial charge in [0.15, 0.2) is 16.6 Å². The first kappa shape index (κ1) is 22.6. The number of carbonyl (C=O) groups excluding carboxylic acids is 2. The van der Waals surface area contributed by atoms with Crippen molar-refractivity contribution in [3.8, 4) is 5.75 Å². The Kier molecular flexibility index (Phi) is 7.17. The van der Waals surface area contributed by atoms with Gasteiger partial charge in [-0.25, -0.2) is 0 Å². The average Bonchev–Trinajstić information content (AvgIpc) is 3.25. The lowest BCUT2D eigenvalue weighted by atomic mass is 10.1. The molecule has 2 aromatic carbocycles. The van der Waals surface area contributed by atoms with Crippen molar-refractivity contribution < 1.29 is 18.7 Å². The summed E-state index contributed by atoms with van der Waals surface area (Å²) < 4.78 is 10.2. The number of nitrogens with one attached hydrogen (secondary N) is 3. The fourth-order valence-electron chi connectivity index (χ4n) is 2.65. The van der Waals surface area contributed by atoms with E-state index < -0.39 is 5.91 Å². The predicted octanol–water partition coefficient (Wildman–Crippen LogP) is 5.28. The summed E-state index contributed by atoms with van der Waals surface area (Å²) in [5, 5.41) is 8.71. The first-order valence-corrected chi connectivity index (χ1v) is 10.1. The van der Waals surface area contributed by atoms with E-state index in [0.717, 1.165) is 5.56 Å². The Morgan fingerprint density at radius 3 is 2.35 bits per heavy atom. The van der Waals surface area contributed by atoms with Crippen molar-refractivity contribution in [2.75, 3.05) is 17.7 Å². The highest BCUT2D eigenvalue weighted by Gasteiger charge is 2.15. The molecule has 0 saturated heterocycles. The molecular formula is C21H17Cl2N3O4S. The molecule has 0 aliphatic carbocycles. The van der Waals surface area contributed by atoms with Gasteiger partial charge in [0.05, 0.1) is 23.4 Å². The molecule has 10 heteroatoms. The molecule has 0 saturated carbocycles. The van der Waals surface area contributed by atoms with Crippen molar-refractivity contribution in [1.29, 1.82) is 0 Å². The molecule has 3 N–H and O–H groups in total. The van der Waals surface area contributed by atoms with Gasteiger partial charge < -0.3 is 19.8 Å². The number of amides is 2. The second-order valence-electron chi connectivity index (χ2n) is 6.34. The van der Waals surface area contributed by atoms with E-state index in [9.17, 15) is 9.59 Å². The van der Waals surface area contributed by atoms with E-state index in [1.54, 1.807) is 30.3 Å². The second-order valence-corrected chi connectivity index (χ2v) is 7.57. The number of benzene rings is 2. The SMILES string of the molecule is COc1c(Cl)cc(C(=O)NC(=S)Nc2cc(NC(=O)c3ccco3)ccc2C)cc1Cl. The van der Waals surface area contributed by atoms with Crippen molar-refractivity contribution >= 4 is 63.7 Å². The highest BCUT2D eigenvalue weighted by molar-refractivity contribution is 7.80. The third kappa shape index (κ3) is 5.55. The molecule has 31 heavy (non-hydrogen) atoms. The molecule has 1 heterocycles. The Labute approximate surface area is 193 Å². The maximum atomic E-state index is 12.5. The van der Waals surface area contributed by atoms with Gasteiger partial charge in [-0.3, -0.25) is 14.9 Å². The van der Waals surface area contributed by atoms with Crippen LogP contribution in [-0.4, -0.2) is 24.0 Å². The molecule has 7 nitrogen and oxygen atoms in total. The minimum Gasteiger partial charge on any atom is -0.494 e. The maximum absolute atomic E-state index is 12.5. The molecule has 1 aromatic heterocycles. The summed E-state index contributed by atoms with van der Waals surface area (Å²) in [6, 6.07) is 11.3. The number of hydrogen-bond acceptors (Lipinski definition) is 5. The Balaban J connectivity index is 1.68. The van der Waals surface area contributed by atoms with Crippen LogP contribution < -0.4 is 20.7 Å². The lowest BCUT2D eigenvalue weighted by molar-refractivity contribution is 0.0975. The maximum Gasteiger partial charge on any atom is 0.291 e. The van der Waals surface area contributed by atoms with Crippen molar-refractivity contribution in [2.24, 2.45) is 0 Å². The van der Waals surface area contributed by atoms with Crippen LogP contribution in [-0.2, 0) is 0 Å². The normalized spacial score (nSPS) is 10.3. The van der Waals surface area contributed by atoms with E-state index in [1.807, 2.05) is 6.92 Å². The molecule has 0 fully saturated rings. The van der Waals surface area contributed by atoms with Crippen LogP contribution in [0, 0.1) is 6.92 Å². The van der Waals surface area contributed by atoms with E-state index in [0.29, 0.717) is 11.4 Å². The van der Waals surface area contributed by atoms with Crippen LogP contribution in [0.4, 0.5) is 11.4 Å². The van der Waals surface area contributed by atoms with Gasteiger partial charge >= 0.3 is 0 Å². The lowest BCUT2D eigenvalue weighted by Crippen LogP contribution is -2.34. The number of thiocarbonyl (C=S) groups is 1. The number of anilines is 2. The molecule has 0 aliphatic heterocycles. The quantitative estimate of drug-likeness (QED) is 0.432. The van der Waals surface area contributed by atoms with Crippen LogP contribution in [0.15, 0.2) is 53.1 Å². The largest absolute Gasteiger partial charge is 0.494 e. The van der Waals surface area contributed by atoms with Crippen molar-refractivity contribution in [2.45, 2.75) is 6.92 Å². The molecule has 0 unspecified atom stereocenters. The third-order valence-electron chi connectivity index (χ3n) is 4.18. The van der Waals surface area contributed by atoms with Crippen LogP contribution in [0.3, 0.4) is 0 Å². The molecule has 0 radical (unpaired) electrons. The first-order chi connectivity index (χ1) is 14.8. The van der Waals surface area contributed by atoms with Crippen molar-refractivity contribution in [3.05, 3.63) is 75.7 Å². The summed E-state index contributed by atoms with van der Waals surface area (Å²) in [5.41, 5.74) is 2.20. The Hall–Kier alpha value is -3.07. The number of rotatable bonds is 5. The van der Waals surface area contributed by atoms with Crippen molar-refractivity contribution in [1.82, 2.24) is 5.32 Å². The van der Waals surface area contributed by atoms with Gasteiger partial charge in [0.1, 0.15) is 0 Å². The van der Waals surface area contributed by atoms with Crippen LogP contribution >= 0.6 is 35.4 Å². The second kappa shape index (κ2) is 9.82. The van der Waals surface area contributed by atoms with E-state index in [4.69, 9.17) is 44.6 Å². The zero-order chi connectivity index (χ0) is 22.5. The molecule has 3 aromatic rings. The minimum atomic E-state index is -0.496. The smallest absolute Gasteiger partial charge is 0.291 e. The van der Waals surface area contributed by atoms with Gasteiger partial charge in [0.2, 0.25) is 0 Å². The van der Waals surface area contributed by atoms with Gasteiger partial charge in [-0.1, -0.05) is 29.3 Å². The molecule has 0 bridgehead atoms. The topological polar surface area (TPSA) is 92.6 Å². The summed E-state index contributed by atoms with van der Waals surface area (Å²) in [5.74, 6) is -0.410. The molecule has 0 spiro atoms. The van der Waals surface area contributed by atoms with Gasteiger partial charge in [-0.2, -0.15) is 0 Å². The monoisotopic (exact) mass is 477 g/mol. The number of aryl methyl sites for hydroxylation is 1. The molecular weight excluding hydrogens is 461 g/mol. The van der Waals surface area contributed by atoms with Crippen LogP contribution in [0.25, 0.3) is 0 Å². The minimum absolute atomic E-state index is 0.0608. The van der Waals surface area contributed by atoms with Crippen LogP contribution in [0.2, 0.25) is 10.0 Å². The molecule has 160 valence electrons. The zero-order valence-electron chi connectivity index (χ0n) is 16.4. The summed E-state index contributed by atoms with van der Waals surface area (Å²) >= 11 is 17.4. The highest BCUT2D eigenvalue weighted by atomic mass is 35.5. The Bertz CT molecular complexity index is 1130.